The topological polar surface area (TPSA) is 69.7 Å². The Labute approximate surface area is 86.7 Å². The molecule has 0 radical (unpaired) electrons. The van der Waals surface area contributed by atoms with Crippen molar-refractivity contribution in [2.45, 2.75) is 38.5 Å². The SMILES string of the molecule is NCCCCN(O)CCCCCCO. The van der Waals surface area contributed by atoms with E-state index in [2.05, 4.69) is 0 Å². The molecule has 0 amide bonds. The van der Waals surface area contributed by atoms with Gasteiger partial charge in [-0.25, -0.2) is 0 Å². The van der Waals surface area contributed by atoms with E-state index in [4.69, 9.17) is 10.8 Å². The minimum atomic E-state index is 0.277. The highest BCUT2D eigenvalue weighted by Gasteiger charge is 1.99. The van der Waals surface area contributed by atoms with Crippen molar-refractivity contribution in [2.24, 2.45) is 5.73 Å². The van der Waals surface area contributed by atoms with E-state index in [0.29, 0.717) is 6.54 Å². The monoisotopic (exact) mass is 204 g/mol. The van der Waals surface area contributed by atoms with Crippen molar-refractivity contribution >= 4 is 0 Å². The number of unbranched alkanes of at least 4 members (excludes halogenated alkanes) is 4. The summed E-state index contributed by atoms with van der Waals surface area (Å²) in [4.78, 5) is 0. The number of nitrogens with zero attached hydrogens (tertiary/aromatic N) is 1. The first kappa shape index (κ1) is 13.8. The average molecular weight is 204 g/mol. The summed E-state index contributed by atoms with van der Waals surface area (Å²) in [5.41, 5.74) is 5.35. The summed E-state index contributed by atoms with van der Waals surface area (Å²) in [5.74, 6) is 0. The Bertz CT molecular complexity index is 112. The Morgan fingerprint density at radius 3 is 2.00 bits per heavy atom. The molecule has 14 heavy (non-hydrogen) atoms. The van der Waals surface area contributed by atoms with Gasteiger partial charge in [-0.2, -0.15) is 5.06 Å². The first-order valence-corrected chi connectivity index (χ1v) is 5.56. The largest absolute Gasteiger partial charge is 0.396 e. The van der Waals surface area contributed by atoms with Crippen molar-refractivity contribution in [3.05, 3.63) is 0 Å². The zero-order valence-electron chi connectivity index (χ0n) is 8.99. The van der Waals surface area contributed by atoms with Crippen LogP contribution >= 0.6 is 0 Å². The molecule has 0 atom stereocenters. The maximum absolute atomic E-state index is 9.38. The number of hydrogen-bond donors (Lipinski definition) is 3. The third-order valence-electron chi connectivity index (χ3n) is 2.19. The van der Waals surface area contributed by atoms with Crippen LogP contribution in [0.5, 0.6) is 0 Å². The Kier molecular flexibility index (Phi) is 10.8. The molecule has 0 aliphatic carbocycles. The number of rotatable bonds is 10. The van der Waals surface area contributed by atoms with E-state index in [9.17, 15) is 5.21 Å². The van der Waals surface area contributed by atoms with Gasteiger partial charge in [-0.1, -0.05) is 12.8 Å². The number of hydroxylamine groups is 2. The van der Waals surface area contributed by atoms with Crippen LogP contribution in [0.15, 0.2) is 0 Å². The second-order valence-electron chi connectivity index (χ2n) is 3.59. The standard InChI is InChI=1S/C10H24N2O2/c11-7-3-5-9-12(14)8-4-1-2-6-10-13/h13-14H,1-11H2. The van der Waals surface area contributed by atoms with E-state index in [1.165, 1.54) is 5.06 Å². The second kappa shape index (κ2) is 10.9. The predicted molar refractivity (Wildman–Crippen MR) is 57.2 cm³/mol. The van der Waals surface area contributed by atoms with Crippen LogP contribution in [0.4, 0.5) is 0 Å². The van der Waals surface area contributed by atoms with E-state index in [0.717, 1.165) is 51.6 Å². The van der Waals surface area contributed by atoms with Crippen molar-refractivity contribution in [1.82, 2.24) is 5.06 Å². The quantitative estimate of drug-likeness (QED) is 0.366. The van der Waals surface area contributed by atoms with Gasteiger partial charge in [-0.3, -0.25) is 0 Å². The Balaban J connectivity index is 3.06. The highest BCUT2D eigenvalue weighted by molar-refractivity contribution is 4.49. The molecule has 0 heterocycles. The molecule has 0 saturated carbocycles. The lowest BCUT2D eigenvalue weighted by molar-refractivity contribution is -0.0923. The normalized spacial score (nSPS) is 11.1. The summed E-state index contributed by atoms with van der Waals surface area (Å²) in [6.45, 7) is 2.43. The molecule has 0 aromatic rings. The smallest absolute Gasteiger partial charge is 0.0431 e. The Morgan fingerprint density at radius 1 is 0.857 bits per heavy atom. The molecule has 0 aromatic heterocycles. The molecule has 0 aliphatic rings. The van der Waals surface area contributed by atoms with Gasteiger partial charge < -0.3 is 16.0 Å². The fourth-order valence-corrected chi connectivity index (χ4v) is 1.31. The van der Waals surface area contributed by atoms with Crippen molar-refractivity contribution in [2.75, 3.05) is 26.2 Å². The highest BCUT2D eigenvalue weighted by Crippen LogP contribution is 2.01. The Hall–Kier alpha value is -0.160. The molecule has 4 heteroatoms. The lowest BCUT2D eigenvalue weighted by atomic mass is 10.2. The van der Waals surface area contributed by atoms with Gasteiger partial charge >= 0.3 is 0 Å². The minimum absolute atomic E-state index is 0.277. The predicted octanol–water partition coefficient (Wildman–Crippen LogP) is 0.969. The lowest BCUT2D eigenvalue weighted by Crippen LogP contribution is -2.22. The molecule has 0 aromatic carbocycles. The molecule has 86 valence electrons. The highest BCUT2D eigenvalue weighted by atomic mass is 16.5. The maximum atomic E-state index is 9.38. The second-order valence-corrected chi connectivity index (χ2v) is 3.59. The van der Waals surface area contributed by atoms with Crippen LogP contribution in [0.2, 0.25) is 0 Å². The number of aliphatic hydroxyl groups is 1. The summed E-state index contributed by atoms with van der Waals surface area (Å²) < 4.78 is 0. The van der Waals surface area contributed by atoms with Gasteiger partial charge in [0.2, 0.25) is 0 Å². The maximum Gasteiger partial charge on any atom is 0.0431 e. The van der Waals surface area contributed by atoms with Crippen LogP contribution in [0.25, 0.3) is 0 Å². The molecule has 0 spiro atoms. The van der Waals surface area contributed by atoms with E-state index in [-0.39, 0.29) is 6.61 Å². The molecule has 0 bridgehead atoms. The zero-order chi connectivity index (χ0) is 10.6. The van der Waals surface area contributed by atoms with E-state index in [1.807, 2.05) is 0 Å². The first-order valence-electron chi connectivity index (χ1n) is 5.56. The van der Waals surface area contributed by atoms with Crippen LogP contribution in [-0.2, 0) is 0 Å². The summed E-state index contributed by atoms with van der Waals surface area (Å²) in [6, 6.07) is 0. The molecular formula is C10H24N2O2. The number of hydrogen-bond acceptors (Lipinski definition) is 4. The van der Waals surface area contributed by atoms with Crippen LogP contribution in [0.1, 0.15) is 38.5 Å². The molecular weight excluding hydrogens is 180 g/mol. The molecule has 4 nitrogen and oxygen atoms in total. The van der Waals surface area contributed by atoms with Crippen molar-refractivity contribution in [3.8, 4) is 0 Å². The van der Waals surface area contributed by atoms with Crippen molar-refractivity contribution in [1.29, 1.82) is 0 Å². The fraction of sp³-hybridized carbons (Fsp3) is 1.00. The summed E-state index contributed by atoms with van der Waals surface area (Å²) in [7, 11) is 0. The third-order valence-corrected chi connectivity index (χ3v) is 2.19. The zero-order valence-corrected chi connectivity index (χ0v) is 8.99. The van der Waals surface area contributed by atoms with Gasteiger partial charge in [-0.05, 0) is 32.2 Å². The molecule has 0 rings (SSSR count). The van der Waals surface area contributed by atoms with Crippen LogP contribution in [-0.4, -0.2) is 41.6 Å². The van der Waals surface area contributed by atoms with Crippen LogP contribution in [0, 0.1) is 0 Å². The molecule has 4 N–H and O–H groups in total. The van der Waals surface area contributed by atoms with E-state index < -0.39 is 0 Å². The van der Waals surface area contributed by atoms with E-state index in [1.54, 1.807) is 0 Å². The van der Waals surface area contributed by atoms with E-state index >= 15 is 0 Å². The summed E-state index contributed by atoms with van der Waals surface area (Å²) >= 11 is 0. The average Bonchev–Trinajstić information content (AvgIpc) is 2.18. The Morgan fingerprint density at radius 2 is 1.43 bits per heavy atom. The van der Waals surface area contributed by atoms with Gasteiger partial charge in [0.1, 0.15) is 0 Å². The van der Waals surface area contributed by atoms with Crippen LogP contribution in [0.3, 0.4) is 0 Å². The van der Waals surface area contributed by atoms with Crippen molar-refractivity contribution in [3.63, 3.8) is 0 Å². The number of aliphatic hydroxyl groups excluding tert-OH is 1. The number of nitrogens with two attached hydrogens (primary N) is 1. The lowest BCUT2D eigenvalue weighted by Gasteiger charge is -2.13. The molecule has 0 fully saturated rings. The van der Waals surface area contributed by atoms with Gasteiger partial charge in [0.05, 0.1) is 0 Å². The van der Waals surface area contributed by atoms with Gasteiger partial charge in [0, 0.05) is 19.7 Å². The van der Waals surface area contributed by atoms with Gasteiger partial charge in [0.25, 0.3) is 0 Å². The van der Waals surface area contributed by atoms with Gasteiger partial charge in [0.15, 0.2) is 0 Å². The fourth-order valence-electron chi connectivity index (χ4n) is 1.31. The van der Waals surface area contributed by atoms with Crippen LogP contribution < -0.4 is 5.73 Å². The molecule has 0 aliphatic heterocycles. The third kappa shape index (κ3) is 9.92. The van der Waals surface area contributed by atoms with Gasteiger partial charge in [-0.15, -0.1) is 0 Å². The summed E-state index contributed by atoms with van der Waals surface area (Å²) in [5, 5.41) is 19.3. The summed E-state index contributed by atoms with van der Waals surface area (Å²) in [6.07, 6.45) is 5.94. The van der Waals surface area contributed by atoms with Crippen molar-refractivity contribution < 1.29 is 10.3 Å². The first-order chi connectivity index (χ1) is 6.81. The minimum Gasteiger partial charge on any atom is -0.396 e. The molecule has 0 unspecified atom stereocenters. The molecule has 0 saturated heterocycles.